The normalized spacial score (nSPS) is 24.3. The van der Waals surface area contributed by atoms with E-state index in [0.717, 1.165) is 6.54 Å². The lowest BCUT2D eigenvalue weighted by atomic mass is 9.79. The van der Waals surface area contributed by atoms with Crippen molar-refractivity contribution in [2.45, 2.75) is 57.5 Å². The molecule has 0 bridgehead atoms. The van der Waals surface area contributed by atoms with Crippen molar-refractivity contribution in [3.8, 4) is 0 Å². The zero-order valence-electron chi connectivity index (χ0n) is 13.8. The van der Waals surface area contributed by atoms with Crippen LogP contribution in [0.3, 0.4) is 0 Å². The highest BCUT2D eigenvalue weighted by molar-refractivity contribution is 7.99. The molecular weight excluding hydrogens is 296 g/mol. The molecule has 0 spiro atoms. The average molecular weight is 324 g/mol. The third-order valence-corrected chi connectivity index (χ3v) is 6.06. The number of rotatable bonds is 5. The number of hydrogen-bond donors (Lipinski definition) is 1. The van der Waals surface area contributed by atoms with Crippen LogP contribution in [0.4, 0.5) is 0 Å². The van der Waals surface area contributed by atoms with Crippen LogP contribution in [0.1, 0.15) is 56.9 Å². The summed E-state index contributed by atoms with van der Waals surface area (Å²) < 4.78 is 5.56. The van der Waals surface area contributed by atoms with Crippen LogP contribution in [-0.2, 0) is 0 Å². The molecule has 3 rings (SSSR count). The van der Waals surface area contributed by atoms with Gasteiger partial charge in [-0.1, -0.05) is 19.3 Å². The molecule has 5 nitrogen and oxygen atoms in total. The maximum absolute atomic E-state index is 5.56. The molecule has 0 radical (unpaired) electrons. The largest absolute Gasteiger partial charge is 0.424 e. The first-order valence-electron chi connectivity index (χ1n) is 8.56. The van der Waals surface area contributed by atoms with Crippen LogP contribution in [-0.4, -0.2) is 51.8 Å². The highest BCUT2D eigenvalue weighted by atomic mass is 32.2. The van der Waals surface area contributed by atoms with E-state index in [0.29, 0.717) is 17.3 Å². The molecule has 124 valence electrons. The molecule has 2 fully saturated rings. The van der Waals surface area contributed by atoms with Crippen LogP contribution in [0.15, 0.2) is 4.42 Å². The summed E-state index contributed by atoms with van der Waals surface area (Å²) in [5.74, 6) is 3.90. The molecule has 0 aromatic carbocycles. The minimum atomic E-state index is 0.124. The van der Waals surface area contributed by atoms with Crippen molar-refractivity contribution in [3.05, 3.63) is 11.8 Å². The summed E-state index contributed by atoms with van der Waals surface area (Å²) in [4.78, 5) is 2.75. The van der Waals surface area contributed by atoms with E-state index < -0.39 is 0 Å². The molecular formula is C16H28N4OS. The van der Waals surface area contributed by atoms with Crippen LogP contribution in [0, 0.1) is 6.92 Å². The molecule has 1 atom stereocenters. The standard InChI is InChI=1S/C16H28N4OS/c1-13(15-19-18-14(2)21-15)17-12-16(6-4-3-5-7-16)20-8-10-22-11-9-20/h13,17H,3-12H2,1-2H3/t13-/m0/s1. The second kappa shape index (κ2) is 7.32. The molecule has 1 aromatic heterocycles. The maximum atomic E-state index is 5.56. The van der Waals surface area contributed by atoms with Crippen molar-refractivity contribution in [1.82, 2.24) is 20.4 Å². The molecule has 1 saturated heterocycles. The predicted molar refractivity (Wildman–Crippen MR) is 90.2 cm³/mol. The smallest absolute Gasteiger partial charge is 0.233 e. The molecule has 1 saturated carbocycles. The summed E-state index contributed by atoms with van der Waals surface area (Å²) in [6.45, 7) is 7.47. The fourth-order valence-electron chi connectivity index (χ4n) is 3.77. The third-order valence-electron chi connectivity index (χ3n) is 5.12. The Morgan fingerprint density at radius 1 is 1.23 bits per heavy atom. The molecule has 22 heavy (non-hydrogen) atoms. The summed E-state index contributed by atoms with van der Waals surface area (Å²) in [6, 6.07) is 0.124. The van der Waals surface area contributed by atoms with Gasteiger partial charge in [-0.15, -0.1) is 10.2 Å². The van der Waals surface area contributed by atoms with E-state index in [1.165, 1.54) is 56.7 Å². The van der Waals surface area contributed by atoms with Gasteiger partial charge in [0.25, 0.3) is 0 Å². The van der Waals surface area contributed by atoms with Gasteiger partial charge in [-0.3, -0.25) is 4.90 Å². The van der Waals surface area contributed by atoms with Crippen LogP contribution >= 0.6 is 11.8 Å². The predicted octanol–water partition coefficient (Wildman–Crippen LogP) is 2.78. The van der Waals surface area contributed by atoms with Gasteiger partial charge in [0.2, 0.25) is 11.8 Å². The molecule has 6 heteroatoms. The van der Waals surface area contributed by atoms with Gasteiger partial charge in [0.15, 0.2) is 0 Å². The van der Waals surface area contributed by atoms with E-state index in [1.807, 2.05) is 6.92 Å². The Balaban J connectivity index is 1.64. The lowest BCUT2D eigenvalue weighted by molar-refractivity contribution is 0.0556. The second-order valence-corrected chi connectivity index (χ2v) is 7.87. The lowest BCUT2D eigenvalue weighted by Gasteiger charge is -2.48. The fraction of sp³-hybridized carbons (Fsp3) is 0.875. The molecule has 1 aliphatic heterocycles. The van der Waals surface area contributed by atoms with Gasteiger partial charge >= 0.3 is 0 Å². The van der Waals surface area contributed by atoms with Crippen molar-refractivity contribution in [2.75, 3.05) is 31.1 Å². The van der Waals surface area contributed by atoms with Crippen molar-refractivity contribution >= 4 is 11.8 Å². The van der Waals surface area contributed by atoms with Gasteiger partial charge in [0.1, 0.15) is 0 Å². The van der Waals surface area contributed by atoms with Crippen molar-refractivity contribution in [3.63, 3.8) is 0 Å². The van der Waals surface area contributed by atoms with Crippen LogP contribution in [0.5, 0.6) is 0 Å². The minimum absolute atomic E-state index is 0.124. The number of nitrogens with one attached hydrogen (secondary N) is 1. The first kappa shape index (κ1) is 16.3. The Morgan fingerprint density at radius 2 is 1.95 bits per heavy atom. The number of nitrogens with zero attached hydrogens (tertiary/aromatic N) is 3. The molecule has 1 aromatic rings. The number of hydrogen-bond acceptors (Lipinski definition) is 6. The number of thioether (sulfide) groups is 1. The van der Waals surface area contributed by atoms with E-state index in [1.54, 1.807) is 0 Å². The molecule has 1 aliphatic carbocycles. The number of aromatic nitrogens is 2. The number of aryl methyl sites for hydroxylation is 1. The summed E-state index contributed by atoms with van der Waals surface area (Å²) in [7, 11) is 0. The quantitative estimate of drug-likeness (QED) is 0.899. The van der Waals surface area contributed by atoms with Gasteiger partial charge in [-0.05, 0) is 19.8 Å². The Hall–Kier alpha value is -0.590. The van der Waals surface area contributed by atoms with Gasteiger partial charge in [-0.2, -0.15) is 11.8 Å². The molecule has 0 amide bonds. The van der Waals surface area contributed by atoms with E-state index in [-0.39, 0.29) is 6.04 Å². The first-order valence-corrected chi connectivity index (χ1v) is 9.71. The topological polar surface area (TPSA) is 54.2 Å². The maximum Gasteiger partial charge on any atom is 0.233 e. The Kier molecular flexibility index (Phi) is 5.42. The summed E-state index contributed by atoms with van der Waals surface area (Å²) in [5.41, 5.74) is 0.336. The molecule has 2 heterocycles. The van der Waals surface area contributed by atoms with E-state index in [4.69, 9.17) is 4.42 Å². The van der Waals surface area contributed by atoms with Gasteiger partial charge in [0.05, 0.1) is 6.04 Å². The summed E-state index contributed by atoms with van der Waals surface area (Å²) in [6.07, 6.45) is 6.75. The SMILES string of the molecule is Cc1nnc([C@H](C)NCC2(N3CCSCC3)CCCCC2)o1. The first-order chi connectivity index (χ1) is 10.7. The molecule has 0 unspecified atom stereocenters. The Morgan fingerprint density at radius 3 is 2.59 bits per heavy atom. The third kappa shape index (κ3) is 3.66. The average Bonchev–Trinajstić information content (AvgIpc) is 3.01. The second-order valence-electron chi connectivity index (χ2n) is 6.65. The van der Waals surface area contributed by atoms with Crippen molar-refractivity contribution in [2.24, 2.45) is 0 Å². The highest BCUT2D eigenvalue weighted by Crippen LogP contribution is 2.35. The van der Waals surface area contributed by atoms with E-state index in [2.05, 4.69) is 39.1 Å². The van der Waals surface area contributed by atoms with Crippen molar-refractivity contribution < 1.29 is 4.42 Å². The van der Waals surface area contributed by atoms with Crippen LogP contribution in [0.2, 0.25) is 0 Å². The van der Waals surface area contributed by atoms with Gasteiger partial charge < -0.3 is 9.73 Å². The summed E-state index contributed by atoms with van der Waals surface area (Å²) >= 11 is 2.09. The Labute approximate surface area is 137 Å². The van der Waals surface area contributed by atoms with E-state index in [9.17, 15) is 0 Å². The molecule has 1 N–H and O–H groups in total. The van der Waals surface area contributed by atoms with Gasteiger partial charge in [0, 0.05) is 43.6 Å². The lowest BCUT2D eigenvalue weighted by Crippen LogP contribution is -2.58. The zero-order valence-corrected chi connectivity index (χ0v) is 14.6. The van der Waals surface area contributed by atoms with E-state index >= 15 is 0 Å². The zero-order chi connectivity index (χ0) is 15.4. The Bertz CT molecular complexity index is 466. The highest BCUT2D eigenvalue weighted by Gasteiger charge is 2.38. The van der Waals surface area contributed by atoms with Crippen LogP contribution in [0.25, 0.3) is 0 Å². The van der Waals surface area contributed by atoms with Crippen molar-refractivity contribution in [1.29, 1.82) is 0 Å². The van der Waals surface area contributed by atoms with Gasteiger partial charge in [-0.25, -0.2) is 0 Å². The van der Waals surface area contributed by atoms with Crippen LogP contribution < -0.4 is 5.32 Å². The monoisotopic (exact) mass is 324 g/mol. The fourth-order valence-corrected chi connectivity index (χ4v) is 4.67. The summed E-state index contributed by atoms with van der Waals surface area (Å²) in [5, 5.41) is 11.8. The molecule has 2 aliphatic rings. The minimum Gasteiger partial charge on any atom is -0.424 e.